The molecule has 1 aromatic rings. The molecule has 1 aromatic carbocycles. The van der Waals surface area contributed by atoms with Crippen LogP contribution in [0.5, 0.6) is 5.75 Å². The minimum absolute atomic E-state index is 0.222. The van der Waals surface area contributed by atoms with Crippen molar-refractivity contribution < 1.29 is 9.84 Å². The van der Waals surface area contributed by atoms with Gasteiger partial charge in [-0.25, -0.2) is 0 Å². The highest BCUT2D eigenvalue weighted by molar-refractivity contribution is 5.53. The summed E-state index contributed by atoms with van der Waals surface area (Å²) in [6.45, 7) is 4.32. The zero-order valence-electron chi connectivity index (χ0n) is 11.1. The number of nitrogens with one attached hydrogen (secondary N) is 1. The van der Waals surface area contributed by atoms with Gasteiger partial charge in [-0.3, -0.25) is 0 Å². The number of aliphatic hydroxyl groups is 1. The van der Waals surface area contributed by atoms with Gasteiger partial charge in [0.05, 0.1) is 7.11 Å². The van der Waals surface area contributed by atoms with Crippen molar-refractivity contribution in [1.82, 2.24) is 5.32 Å². The summed E-state index contributed by atoms with van der Waals surface area (Å²) in [5, 5.41) is 12.6. The van der Waals surface area contributed by atoms with Crippen LogP contribution in [0.25, 0.3) is 0 Å². The van der Waals surface area contributed by atoms with Gasteiger partial charge in [-0.05, 0) is 25.5 Å². The first-order valence-corrected chi connectivity index (χ1v) is 6.50. The van der Waals surface area contributed by atoms with Crippen molar-refractivity contribution in [2.75, 3.05) is 31.7 Å². The molecule has 0 amide bonds. The number of nitrogens with zero attached hydrogens (tertiary/aromatic N) is 1. The lowest BCUT2D eigenvalue weighted by molar-refractivity contribution is 0.259. The summed E-state index contributed by atoms with van der Waals surface area (Å²) >= 11 is 0. The van der Waals surface area contributed by atoms with Gasteiger partial charge in [-0.15, -0.1) is 0 Å². The third kappa shape index (κ3) is 2.76. The maximum Gasteiger partial charge on any atom is 0.120 e. The minimum Gasteiger partial charge on any atom is -0.497 e. The number of rotatable bonds is 4. The van der Waals surface area contributed by atoms with Crippen LogP contribution in [-0.4, -0.2) is 44.0 Å². The molecule has 4 nitrogen and oxygen atoms in total. The number of aliphatic hydroxyl groups excluding tert-OH is 1. The van der Waals surface area contributed by atoms with Gasteiger partial charge in [0.1, 0.15) is 5.75 Å². The van der Waals surface area contributed by atoms with Crippen molar-refractivity contribution >= 4 is 5.69 Å². The lowest BCUT2D eigenvalue weighted by atomic mass is 10.0. The smallest absolute Gasteiger partial charge is 0.120 e. The summed E-state index contributed by atoms with van der Waals surface area (Å²) < 4.78 is 5.28. The Balaban J connectivity index is 2.24. The Morgan fingerprint density at radius 3 is 3.00 bits per heavy atom. The molecule has 0 bridgehead atoms. The van der Waals surface area contributed by atoms with Gasteiger partial charge in [0.2, 0.25) is 0 Å². The van der Waals surface area contributed by atoms with E-state index in [9.17, 15) is 5.11 Å². The first-order chi connectivity index (χ1) is 8.76. The van der Waals surface area contributed by atoms with Gasteiger partial charge in [0, 0.05) is 43.5 Å². The molecule has 2 unspecified atom stereocenters. The highest BCUT2D eigenvalue weighted by Crippen LogP contribution is 2.26. The Morgan fingerprint density at radius 2 is 2.28 bits per heavy atom. The van der Waals surface area contributed by atoms with E-state index in [2.05, 4.69) is 29.3 Å². The van der Waals surface area contributed by atoms with Gasteiger partial charge in [0.15, 0.2) is 0 Å². The van der Waals surface area contributed by atoms with Gasteiger partial charge < -0.3 is 20.1 Å². The average molecular weight is 250 g/mol. The van der Waals surface area contributed by atoms with Crippen molar-refractivity contribution in [3.63, 3.8) is 0 Å². The van der Waals surface area contributed by atoms with E-state index in [4.69, 9.17) is 4.74 Å². The maximum atomic E-state index is 9.19. The molecule has 0 aliphatic carbocycles. The van der Waals surface area contributed by atoms with Gasteiger partial charge in [-0.2, -0.15) is 0 Å². The average Bonchev–Trinajstić information content (AvgIpc) is 2.39. The number of hydrogen-bond donors (Lipinski definition) is 2. The van der Waals surface area contributed by atoms with E-state index in [1.165, 1.54) is 5.69 Å². The van der Waals surface area contributed by atoms with Crippen molar-refractivity contribution in [1.29, 1.82) is 0 Å². The van der Waals surface area contributed by atoms with Crippen molar-refractivity contribution in [3.8, 4) is 5.75 Å². The molecule has 18 heavy (non-hydrogen) atoms. The standard InChI is InChI=1S/C14H22N2O2/c1-11-9-15-10-13(6-7-17)16(11)12-4-3-5-14(8-12)18-2/h3-5,8,11,13,15,17H,6-7,9-10H2,1-2H3. The molecule has 0 radical (unpaired) electrons. The van der Waals surface area contributed by atoms with Crippen molar-refractivity contribution in [2.45, 2.75) is 25.4 Å². The quantitative estimate of drug-likeness (QED) is 0.844. The molecule has 1 aliphatic rings. The van der Waals surface area contributed by atoms with Crippen LogP contribution < -0.4 is 15.0 Å². The molecule has 2 N–H and O–H groups in total. The normalized spacial score (nSPS) is 24.1. The van der Waals surface area contributed by atoms with Crippen LogP contribution in [0, 0.1) is 0 Å². The van der Waals surface area contributed by atoms with Crippen LogP contribution in [-0.2, 0) is 0 Å². The Labute approximate surface area is 109 Å². The number of anilines is 1. The van der Waals surface area contributed by atoms with E-state index in [0.717, 1.165) is 25.3 Å². The highest BCUT2D eigenvalue weighted by Gasteiger charge is 2.27. The van der Waals surface area contributed by atoms with Crippen LogP contribution in [0.1, 0.15) is 13.3 Å². The summed E-state index contributed by atoms with van der Waals surface area (Å²) in [5.41, 5.74) is 1.17. The SMILES string of the molecule is COc1cccc(N2C(C)CNCC2CCO)c1. The molecular formula is C14H22N2O2. The molecular weight excluding hydrogens is 228 g/mol. The lowest BCUT2D eigenvalue weighted by Gasteiger charge is -2.43. The second-order valence-corrected chi connectivity index (χ2v) is 4.78. The fraction of sp³-hybridized carbons (Fsp3) is 0.571. The summed E-state index contributed by atoms with van der Waals surface area (Å²) in [6.07, 6.45) is 0.786. The Hall–Kier alpha value is -1.26. The predicted octanol–water partition coefficient (Wildman–Crippen LogP) is 1.24. The zero-order valence-corrected chi connectivity index (χ0v) is 11.1. The van der Waals surface area contributed by atoms with E-state index < -0.39 is 0 Å². The maximum absolute atomic E-state index is 9.19. The fourth-order valence-corrected chi connectivity index (χ4v) is 2.64. The second kappa shape index (κ2) is 6.07. The predicted molar refractivity (Wildman–Crippen MR) is 73.3 cm³/mol. The fourth-order valence-electron chi connectivity index (χ4n) is 2.64. The Morgan fingerprint density at radius 1 is 1.44 bits per heavy atom. The number of ether oxygens (including phenoxy) is 1. The number of methoxy groups -OCH3 is 1. The molecule has 4 heteroatoms. The molecule has 1 saturated heterocycles. The molecule has 1 fully saturated rings. The number of hydrogen-bond acceptors (Lipinski definition) is 4. The number of piperazine rings is 1. The second-order valence-electron chi connectivity index (χ2n) is 4.78. The largest absolute Gasteiger partial charge is 0.497 e. The third-order valence-corrected chi connectivity index (χ3v) is 3.50. The monoisotopic (exact) mass is 250 g/mol. The van der Waals surface area contributed by atoms with Crippen LogP contribution >= 0.6 is 0 Å². The number of benzene rings is 1. The van der Waals surface area contributed by atoms with Crippen LogP contribution in [0.15, 0.2) is 24.3 Å². The van der Waals surface area contributed by atoms with Crippen LogP contribution in [0.3, 0.4) is 0 Å². The minimum atomic E-state index is 0.222. The summed E-state index contributed by atoms with van der Waals surface area (Å²) in [6, 6.07) is 8.89. The van der Waals surface area contributed by atoms with E-state index >= 15 is 0 Å². The lowest BCUT2D eigenvalue weighted by Crippen LogP contribution is -2.56. The first-order valence-electron chi connectivity index (χ1n) is 6.50. The van der Waals surface area contributed by atoms with Gasteiger partial charge in [0.25, 0.3) is 0 Å². The molecule has 0 aromatic heterocycles. The van der Waals surface area contributed by atoms with E-state index in [-0.39, 0.29) is 6.61 Å². The van der Waals surface area contributed by atoms with Crippen molar-refractivity contribution in [2.24, 2.45) is 0 Å². The molecule has 2 atom stereocenters. The van der Waals surface area contributed by atoms with Crippen LogP contribution in [0.2, 0.25) is 0 Å². The van der Waals surface area contributed by atoms with Crippen molar-refractivity contribution in [3.05, 3.63) is 24.3 Å². The zero-order chi connectivity index (χ0) is 13.0. The van der Waals surface area contributed by atoms with E-state index in [1.54, 1.807) is 7.11 Å². The first kappa shape index (κ1) is 13.2. The Bertz CT molecular complexity index is 382. The van der Waals surface area contributed by atoms with Gasteiger partial charge in [-0.1, -0.05) is 6.07 Å². The van der Waals surface area contributed by atoms with Gasteiger partial charge >= 0.3 is 0 Å². The molecule has 1 aliphatic heterocycles. The molecule has 2 rings (SSSR count). The summed E-state index contributed by atoms with van der Waals surface area (Å²) in [5.74, 6) is 0.876. The Kier molecular flexibility index (Phi) is 4.44. The molecule has 100 valence electrons. The summed E-state index contributed by atoms with van der Waals surface area (Å²) in [4.78, 5) is 2.38. The molecule has 0 saturated carbocycles. The third-order valence-electron chi connectivity index (χ3n) is 3.50. The van der Waals surface area contributed by atoms with E-state index in [0.29, 0.717) is 12.1 Å². The molecule has 0 spiro atoms. The van der Waals surface area contributed by atoms with E-state index in [1.807, 2.05) is 12.1 Å². The summed E-state index contributed by atoms with van der Waals surface area (Å²) in [7, 11) is 1.69. The van der Waals surface area contributed by atoms with Crippen LogP contribution in [0.4, 0.5) is 5.69 Å². The topological polar surface area (TPSA) is 44.7 Å². The molecule has 1 heterocycles. The highest BCUT2D eigenvalue weighted by atomic mass is 16.5.